The van der Waals surface area contributed by atoms with Gasteiger partial charge in [-0.2, -0.15) is 0 Å². The van der Waals surface area contributed by atoms with E-state index in [9.17, 15) is 18.4 Å². The summed E-state index contributed by atoms with van der Waals surface area (Å²) in [5.41, 5.74) is 3.09. The molecule has 2 aliphatic rings. The second-order valence-electron chi connectivity index (χ2n) is 7.18. The molecule has 0 aromatic heterocycles. The van der Waals surface area contributed by atoms with E-state index in [1.165, 1.54) is 6.07 Å². The summed E-state index contributed by atoms with van der Waals surface area (Å²) in [6.07, 6.45) is 2.86. The van der Waals surface area contributed by atoms with Gasteiger partial charge in [-0.1, -0.05) is 6.07 Å². The molecule has 1 heterocycles. The third kappa shape index (κ3) is 3.56. The van der Waals surface area contributed by atoms with E-state index in [4.69, 9.17) is 0 Å². The number of rotatable bonds is 2. The van der Waals surface area contributed by atoms with Crippen molar-refractivity contribution >= 4 is 17.5 Å². The molecule has 1 saturated heterocycles. The lowest BCUT2D eigenvalue weighted by Gasteiger charge is -2.33. The van der Waals surface area contributed by atoms with Gasteiger partial charge in [-0.25, -0.2) is 13.6 Å². The number of fused-ring (bicyclic) bond motifs is 1. The molecule has 1 aliphatic heterocycles. The highest BCUT2D eigenvalue weighted by atomic mass is 19.2. The number of nitrogens with one attached hydrogen (secondary N) is 1. The van der Waals surface area contributed by atoms with E-state index in [1.807, 2.05) is 6.07 Å². The van der Waals surface area contributed by atoms with Crippen LogP contribution in [-0.4, -0.2) is 29.8 Å². The molecule has 0 bridgehead atoms. The van der Waals surface area contributed by atoms with Gasteiger partial charge in [0, 0.05) is 36.7 Å². The number of aryl methyl sites for hydroxylation is 1. The summed E-state index contributed by atoms with van der Waals surface area (Å²) in [5, 5.41) is 2.89. The molecule has 4 nitrogen and oxygen atoms in total. The van der Waals surface area contributed by atoms with E-state index in [0.29, 0.717) is 37.2 Å². The van der Waals surface area contributed by atoms with Crippen molar-refractivity contribution in [2.24, 2.45) is 0 Å². The van der Waals surface area contributed by atoms with Crippen LogP contribution in [0.3, 0.4) is 0 Å². The molecule has 1 aliphatic carbocycles. The third-order valence-electron chi connectivity index (χ3n) is 5.40. The number of hydrogen-bond acceptors (Lipinski definition) is 2. The quantitative estimate of drug-likeness (QED) is 0.846. The van der Waals surface area contributed by atoms with Crippen LogP contribution in [0, 0.1) is 11.6 Å². The maximum Gasteiger partial charge on any atom is 0.321 e. The van der Waals surface area contributed by atoms with Gasteiger partial charge in [0.15, 0.2) is 17.4 Å². The van der Waals surface area contributed by atoms with Crippen molar-refractivity contribution in [1.82, 2.24) is 4.90 Å². The summed E-state index contributed by atoms with van der Waals surface area (Å²) in [6, 6.07) is 9.09. The van der Waals surface area contributed by atoms with Gasteiger partial charge in [-0.3, -0.25) is 4.79 Å². The molecular weight excluding hydrogens is 350 g/mol. The van der Waals surface area contributed by atoms with Gasteiger partial charge < -0.3 is 10.2 Å². The van der Waals surface area contributed by atoms with Gasteiger partial charge in [0.2, 0.25) is 0 Å². The highest BCUT2D eigenvalue weighted by Gasteiger charge is 2.26. The van der Waals surface area contributed by atoms with Crippen molar-refractivity contribution in [3.05, 3.63) is 64.7 Å². The molecule has 0 radical (unpaired) electrons. The van der Waals surface area contributed by atoms with E-state index in [0.717, 1.165) is 30.0 Å². The highest BCUT2D eigenvalue weighted by molar-refractivity contribution is 6.01. The number of ketones is 1. The van der Waals surface area contributed by atoms with Gasteiger partial charge >= 0.3 is 6.03 Å². The maximum absolute atomic E-state index is 13.5. The van der Waals surface area contributed by atoms with E-state index in [-0.39, 0.29) is 17.7 Å². The Morgan fingerprint density at radius 2 is 1.93 bits per heavy atom. The largest absolute Gasteiger partial charge is 0.324 e. The first-order valence-corrected chi connectivity index (χ1v) is 9.18. The zero-order valence-corrected chi connectivity index (χ0v) is 14.8. The number of benzene rings is 2. The van der Waals surface area contributed by atoms with Gasteiger partial charge in [0.05, 0.1) is 0 Å². The van der Waals surface area contributed by atoms with Crippen LogP contribution in [0.4, 0.5) is 19.3 Å². The number of hydrogen-bond donors (Lipinski definition) is 1. The predicted molar refractivity (Wildman–Crippen MR) is 98.0 cm³/mol. The number of piperidine rings is 1. The number of halogens is 2. The second-order valence-corrected chi connectivity index (χ2v) is 7.18. The molecule has 1 atom stereocenters. The first-order valence-electron chi connectivity index (χ1n) is 9.18. The molecular formula is C21H20F2N2O2. The van der Waals surface area contributed by atoms with Crippen LogP contribution in [0.1, 0.15) is 46.7 Å². The number of carbonyl (C=O) groups excluding carboxylic acids is 2. The lowest BCUT2D eigenvalue weighted by molar-refractivity contribution is 0.0994. The molecule has 1 N–H and O–H groups in total. The molecule has 2 aromatic carbocycles. The number of urea groups is 1. The molecule has 4 rings (SSSR count). The van der Waals surface area contributed by atoms with Gasteiger partial charge in [0.25, 0.3) is 0 Å². The molecule has 1 fully saturated rings. The van der Waals surface area contributed by atoms with Gasteiger partial charge in [0.1, 0.15) is 0 Å². The second kappa shape index (κ2) is 7.10. The summed E-state index contributed by atoms with van der Waals surface area (Å²) in [6.45, 7) is 1.08. The maximum atomic E-state index is 13.5. The summed E-state index contributed by atoms with van der Waals surface area (Å²) < 4.78 is 26.7. The zero-order valence-electron chi connectivity index (χ0n) is 14.8. The number of carbonyl (C=O) groups is 2. The summed E-state index contributed by atoms with van der Waals surface area (Å²) in [4.78, 5) is 26.1. The van der Waals surface area contributed by atoms with Gasteiger partial charge in [-0.05, 0) is 60.7 Å². The van der Waals surface area contributed by atoms with Crippen molar-refractivity contribution in [2.45, 2.75) is 31.6 Å². The smallest absolute Gasteiger partial charge is 0.321 e. The Kier molecular flexibility index (Phi) is 4.64. The van der Waals surface area contributed by atoms with Crippen LogP contribution >= 0.6 is 0 Å². The van der Waals surface area contributed by atoms with E-state index in [1.54, 1.807) is 23.1 Å². The van der Waals surface area contributed by atoms with Crippen LogP contribution in [-0.2, 0) is 6.42 Å². The van der Waals surface area contributed by atoms with Crippen LogP contribution in [0.5, 0.6) is 0 Å². The Hall–Kier alpha value is -2.76. The Bertz CT molecular complexity index is 913. The fraction of sp³-hybridized carbons (Fsp3) is 0.333. The molecule has 0 saturated carbocycles. The average molecular weight is 370 g/mol. The minimum absolute atomic E-state index is 0.0164. The van der Waals surface area contributed by atoms with Crippen molar-refractivity contribution in [3.63, 3.8) is 0 Å². The number of amides is 2. The lowest BCUT2D eigenvalue weighted by atomic mass is 9.90. The topological polar surface area (TPSA) is 49.4 Å². The fourth-order valence-electron chi connectivity index (χ4n) is 3.94. The third-order valence-corrected chi connectivity index (χ3v) is 5.40. The molecule has 2 aromatic rings. The molecule has 1 unspecified atom stereocenters. The van der Waals surface area contributed by atoms with E-state index >= 15 is 0 Å². The predicted octanol–water partition coefficient (Wildman–Crippen LogP) is 4.51. The molecule has 6 heteroatoms. The zero-order chi connectivity index (χ0) is 19.0. The molecule has 2 amide bonds. The summed E-state index contributed by atoms with van der Waals surface area (Å²) >= 11 is 0. The molecule has 140 valence electrons. The number of likely N-dealkylation sites (tertiary alicyclic amines) is 1. The highest BCUT2D eigenvalue weighted by Crippen LogP contribution is 2.29. The fourth-order valence-corrected chi connectivity index (χ4v) is 3.94. The SMILES string of the molecule is O=C1CCc2cc(NC(=O)N3CCCC(c4ccc(F)c(F)c4)C3)ccc21. The number of Topliss-reactive ketones (excluding diaryl/α,β-unsaturated/α-hetero) is 1. The minimum atomic E-state index is -0.862. The first kappa shape index (κ1) is 17.6. The summed E-state index contributed by atoms with van der Waals surface area (Å²) in [5.74, 6) is -1.59. The monoisotopic (exact) mass is 370 g/mol. The van der Waals surface area contributed by atoms with Crippen LogP contribution in [0.15, 0.2) is 36.4 Å². The summed E-state index contributed by atoms with van der Waals surface area (Å²) in [7, 11) is 0. The Morgan fingerprint density at radius 1 is 1.07 bits per heavy atom. The van der Waals surface area contributed by atoms with E-state index < -0.39 is 11.6 Å². The Morgan fingerprint density at radius 3 is 2.74 bits per heavy atom. The van der Waals surface area contributed by atoms with Crippen molar-refractivity contribution in [2.75, 3.05) is 18.4 Å². The van der Waals surface area contributed by atoms with Crippen LogP contribution in [0.2, 0.25) is 0 Å². The van der Waals surface area contributed by atoms with Crippen molar-refractivity contribution < 1.29 is 18.4 Å². The van der Waals surface area contributed by atoms with Crippen molar-refractivity contribution in [1.29, 1.82) is 0 Å². The van der Waals surface area contributed by atoms with Crippen molar-refractivity contribution in [3.8, 4) is 0 Å². The van der Waals surface area contributed by atoms with Gasteiger partial charge in [-0.15, -0.1) is 0 Å². The van der Waals surface area contributed by atoms with Crippen LogP contribution in [0.25, 0.3) is 0 Å². The minimum Gasteiger partial charge on any atom is -0.324 e. The Labute approximate surface area is 156 Å². The Balaban J connectivity index is 1.44. The number of anilines is 1. The molecule has 27 heavy (non-hydrogen) atoms. The van der Waals surface area contributed by atoms with Crippen LogP contribution < -0.4 is 5.32 Å². The first-order chi connectivity index (χ1) is 13.0. The normalized spacial score (nSPS) is 19.1. The number of nitrogens with zero attached hydrogens (tertiary/aromatic N) is 1. The average Bonchev–Trinajstić information content (AvgIpc) is 3.04. The molecule has 0 spiro atoms. The standard InChI is InChI=1S/C21H20F2N2O2/c22-18-7-3-13(11-19(18)23)15-2-1-9-25(12-15)21(27)24-16-5-6-17-14(10-16)4-8-20(17)26/h3,5-7,10-11,15H,1-2,4,8-9,12H2,(H,24,27). The van der Waals surface area contributed by atoms with E-state index in [2.05, 4.69) is 5.32 Å². The lowest BCUT2D eigenvalue weighted by Crippen LogP contribution is -2.41.